The van der Waals surface area contributed by atoms with Crippen molar-refractivity contribution in [2.45, 2.75) is 34.1 Å². The van der Waals surface area contributed by atoms with Gasteiger partial charge in [0.05, 0.1) is 0 Å². The van der Waals surface area contributed by atoms with Gasteiger partial charge in [-0.1, -0.05) is 13.8 Å². The lowest BCUT2D eigenvalue weighted by Crippen LogP contribution is -2.41. The SMILES string of the molecule is CCNC(=O)CN=C(NCC)N1CCC(C)(C)C1. The summed E-state index contributed by atoms with van der Waals surface area (Å²) in [6, 6.07) is 0. The van der Waals surface area contributed by atoms with Crippen molar-refractivity contribution in [1.82, 2.24) is 15.5 Å². The number of nitrogens with one attached hydrogen (secondary N) is 2. The van der Waals surface area contributed by atoms with E-state index in [0.29, 0.717) is 12.0 Å². The third kappa shape index (κ3) is 4.55. The second-order valence-electron chi connectivity index (χ2n) is 5.46. The Hall–Kier alpha value is -1.26. The number of nitrogens with zero attached hydrogens (tertiary/aromatic N) is 2. The minimum absolute atomic E-state index is 0.0219. The maximum Gasteiger partial charge on any atom is 0.241 e. The summed E-state index contributed by atoms with van der Waals surface area (Å²) in [7, 11) is 0. The molecule has 1 heterocycles. The standard InChI is InChI=1S/C13H26N4O/c1-5-14-11(18)9-16-12(15-6-2)17-8-7-13(3,4)10-17/h5-10H2,1-4H3,(H,14,18)(H,15,16). The third-order valence-electron chi connectivity index (χ3n) is 3.06. The molecule has 0 aliphatic carbocycles. The minimum atomic E-state index is -0.0219. The Morgan fingerprint density at radius 3 is 2.44 bits per heavy atom. The quantitative estimate of drug-likeness (QED) is 0.577. The van der Waals surface area contributed by atoms with Gasteiger partial charge in [-0.05, 0) is 25.7 Å². The molecule has 0 aromatic carbocycles. The van der Waals surface area contributed by atoms with Crippen LogP contribution >= 0.6 is 0 Å². The maximum atomic E-state index is 11.4. The molecule has 0 bridgehead atoms. The van der Waals surface area contributed by atoms with Gasteiger partial charge in [0.25, 0.3) is 0 Å². The van der Waals surface area contributed by atoms with Gasteiger partial charge in [-0.3, -0.25) is 4.79 Å². The molecule has 5 heteroatoms. The number of likely N-dealkylation sites (N-methyl/N-ethyl adjacent to an activating group) is 1. The highest BCUT2D eigenvalue weighted by molar-refractivity contribution is 5.85. The van der Waals surface area contributed by atoms with E-state index in [1.165, 1.54) is 6.42 Å². The van der Waals surface area contributed by atoms with E-state index in [4.69, 9.17) is 0 Å². The highest BCUT2D eigenvalue weighted by Gasteiger charge is 2.30. The first kappa shape index (κ1) is 14.8. The van der Waals surface area contributed by atoms with Crippen LogP contribution in [0.4, 0.5) is 0 Å². The number of guanidine groups is 1. The van der Waals surface area contributed by atoms with Crippen molar-refractivity contribution in [3.05, 3.63) is 0 Å². The summed E-state index contributed by atoms with van der Waals surface area (Å²) in [6.07, 6.45) is 1.17. The Kier molecular flexibility index (Phi) is 5.44. The van der Waals surface area contributed by atoms with E-state index < -0.39 is 0 Å². The fourth-order valence-electron chi connectivity index (χ4n) is 2.12. The van der Waals surface area contributed by atoms with E-state index in [1.807, 2.05) is 13.8 Å². The lowest BCUT2D eigenvalue weighted by Gasteiger charge is -2.23. The van der Waals surface area contributed by atoms with Gasteiger partial charge in [0.2, 0.25) is 5.91 Å². The van der Waals surface area contributed by atoms with E-state index in [2.05, 4.69) is 34.4 Å². The molecule has 0 spiro atoms. The predicted molar refractivity (Wildman–Crippen MR) is 74.6 cm³/mol. The largest absolute Gasteiger partial charge is 0.357 e. The summed E-state index contributed by atoms with van der Waals surface area (Å²) >= 11 is 0. The van der Waals surface area contributed by atoms with Crippen LogP contribution in [0.2, 0.25) is 0 Å². The number of hydrogen-bond donors (Lipinski definition) is 2. The monoisotopic (exact) mass is 254 g/mol. The molecule has 1 rings (SSSR count). The molecule has 18 heavy (non-hydrogen) atoms. The first-order valence-corrected chi connectivity index (χ1v) is 6.78. The van der Waals surface area contributed by atoms with Crippen LogP contribution in [-0.4, -0.2) is 49.5 Å². The van der Waals surface area contributed by atoms with E-state index in [9.17, 15) is 4.79 Å². The molecule has 2 N–H and O–H groups in total. The Labute approximate surface area is 110 Å². The van der Waals surface area contributed by atoms with Gasteiger partial charge < -0.3 is 15.5 Å². The van der Waals surface area contributed by atoms with Gasteiger partial charge in [-0.15, -0.1) is 0 Å². The van der Waals surface area contributed by atoms with Crippen molar-refractivity contribution in [2.24, 2.45) is 10.4 Å². The molecule has 1 aliphatic heterocycles. The highest BCUT2D eigenvalue weighted by atomic mass is 16.1. The molecule has 0 radical (unpaired) electrons. The molecule has 5 nitrogen and oxygen atoms in total. The minimum Gasteiger partial charge on any atom is -0.357 e. The molecule has 1 aliphatic rings. The van der Waals surface area contributed by atoms with Gasteiger partial charge in [0.1, 0.15) is 6.54 Å². The van der Waals surface area contributed by atoms with Gasteiger partial charge in [-0.2, -0.15) is 0 Å². The Bertz CT molecular complexity index is 312. The topological polar surface area (TPSA) is 56.7 Å². The lowest BCUT2D eigenvalue weighted by molar-refractivity contribution is -0.119. The van der Waals surface area contributed by atoms with Gasteiger partial charge >= 0.3 is 0 Å². The molecular weight excluding hydrogens is 228 g/mol. The number of carbonyl (C=O) groups is 1. The van der Waals surface area contributed by atoms with Crippen molar-refractivity contribution < 1.29 is 4.79 Å². The van der Waals surface area contributed by atoms with Crippen LogP contribution in [0.15, 0.2) is 4.99 Å². The molecule has 0 atom stereocenters. The molecule has 104 valence electrons. The first-order chi connectivity index (χ1) is 8.48. The molecule has 1 amide bonds. The lowest BCUT2D eigenvalue weighted by atomic mass is 9.93. The van der Waals surface area contributed by atoms with E-state index >= 15 is 0 Å². The normalized spacial score (nSPS) is 18.9. The highest BCUT2D eigenvalue weighted by Crippen LogP contribution is 2.28. The number of amides is 1. The van der Waals surface area contributed by atoms with Crippen LogP contribution in [0.3, 0.4) is 0 Å². The second kappa shape index (κ2) is 6.61. The summed E-state index contributed by atoms with van der Waals surface area (Å²) < 4.78 is 0. The first-order valence-electron chi connectivity index (χ1n) is 6.78. The zero-order valence-electron chi connectivity index (χ0n) is 12.0. The van der Waals surface area contributed by atoms with Crippen LogP contribution in [-0.2, 0) is 4.79 Å². The number of carbonyl (C=O) groups excluding carboxylic acids is 1. The van der Waals surface area contributed by atoms with Crippen LogP contribution in [0.25, 0.3) is 0 Å². The Morgan fingerprint density at radius 2 is 1.94 bits per heavy atom. The van der Waals surface area contributed by atoms with Crippen molar-refractivity contribution in [3.63, 3.8) is 0 Å². The maximum absolute atomic E-state index is 11.4. The van der Waals surface area contributed by atoms with Crippen LogP contribution < -0.4 is 10.6 Å². The fraction of sp³-hybridized carbons (Fsp3) is 0.846. The van der Waals surface area contributed by atoms with E-state index in [1.54, 1.807) is 0 Å². The number of rotatable bonds is 4. The zero-order chi connectivity index (χ0) is 13.6. The summed E-state index contributed by atoms with van der Waals surface area (Å²) in [6.45, 7) is 12.2. The molecule has 0 aromatic rings. The van der Waals surface area contributed by atoms with E-state index in [-0.39, 0.29) is 12.5 Å². The van der Waals surface area contributed by atoms with Crippen LogP contribution in [0, 0.1) is 5.41 Å². The Morgan fingerprint density at radius 1 is 1.28 bits per heavy atom. The predicted octanol–water partition coefficient (Wildman–Crippen LogP) is 0.820. The number of likely N-dealkylation sites (tertiary alicyclic amines) is 1. The van der Waals surface area contributed by atoms with Crippen LogP contribution in [0.1, 0.15) is 34.1 Å². The van der Waals surface area contributed by atoms with Gasteiger partial charge in [0, 0.05) is 26.2 Å². The smallest absolute Gasteiger partial charge is 0.241 e. The number of hydrogen-bond acceptors (Lipinski definition) is 2. The van der Waals surface area contributed by atoms with Crippen LogP contribution in [0.5, 0.6) is 0 Å². The average molecular weight is 254 g/mol. The average Bonchev–Trinajstić information content (AvgIpc) is 2.65. The molecular formula is C13H26N4O. The van der Waals surface area contributed by atoms with Crippen molar-refractivity contribution in [2.75, 3.05) is 32.7 Å². The van der Waals surface area contributed by atoms with Gasteiger partial charge in [-0.25, -0.2) is 4.99 Å². The summed E-state index contributed by atoms with van der Waals surface area (Å²) in [5.74, 6) is 0.834. The second-order valence-corrected chi connectivity index (χ2v) is 5.46. The number of aliphatic imine (C=N–C) groups is 1. The molecule has 0 saturated carbocycles. The fourth-order valence-corrected chi connectivity index (χ4v) is 2.12. The van der Waals surface area contributed by atoms with Gasteiger partial charge in [0.15, 0.2) is 5.96 Å². The van der Waals surface area contributed by atoms with Crippen molar-refractivity contribution in [3.8, 4) is 0 Å². The molecule has 0 aromatic heterocycles. The third-order valence-corrected chi connectivity index (χ3v) is 3.06. The molecule has 1 fully saturated rings. The summed E-state index contributed by atoms with van der Waals surface area (Å²) in [4.78, 5) is 18.1. The van der Waals surface area contributed by atoms with Crippen molar-refractivity contribution >= 4 is 11.9 Å². The summed E-state index contributed by atoms with van der Waals surface area (Å²) in [5, 5.41) is 6.01. The van der Waals surface area contributed by atoms with Crippen molar-refractivity contribution in [1.29, 1.82) is 0 Å². The molecule has 1 saturated heterocycles. The Balaban J connectivity index is 2.59. The summed E-state index contributed by atoms with van der Waals surface area (Å²) in [5.41, 5.74) is 0.335. The molecule has 0 unspecified atom stereocenters. The van der Waals surface area contributed by atoms with E-state index in [0.717, 1.165) is 25.6 Å². The zero-order valence-corrected chi connectivity index (χ0v) is 12.0.